The van der Waals surface area contributed by atoms with E-state index >= 15 is 0 Å². The summed E-state index contributed by atoms with van der Waals surface area (Å²) in [5, 5.41) is 22.7. The lowest BCUT2D eigenvalue weighted by molar-refractivity contribution is -0.143. The van der Waals surface area contributed by atoms with E-state index < -0.39 is 18.0 Å². The highest BCUT2D eigenvalue weighted by atomic mass is 16.4. The minimum Gasteiger partial charge on any atom is -0.481 e. The summed E-state index contributed by atoms with van der Waals surface area (Å²) >= 11 is 0. The van der Waals surface area contributed by atoms with Crippen molar-refractivity contribution in [2.24, 2.45) is 0 Å². The highest BCUT2D eigenvalue weighted by molar-refractivity contribution is 5.86. The Bertz CT molecular complexity index is 888. The molecule has 1 aliphatic carbocycles. The van der Waals surface area contributed by atoms with Crippen molar-refractivity contribution in [2.75, 3.05) is 6.54 Å². The molecule has 0 aliphatic heterocycles. The van der Waals surface area contributed by atoms with Crippen LogP contribution in [-0.4, -0.2) is 51.6 Å². The first-order valence-electron chi connectivity index (χ1n) is 9.88. The average Bonchev–Trinajstić information content (AvgIpc) is 3.53. The maximum atomic E-state index is 12.3. The van der Waals surface area contributed by atoms with Gasteiger partial charge in [0, 0.05) is 32.0 Å². The zero-order chi connectivity index (χ0) is 20.8. The maximum Gasteiger partial charge on any atom is 0.326 e. The normalized spacial score (nSPS) is 14.7. The summed E-state index contributed by atoms with van der Waals surface area (Å²) < 4.78 is 0. The second-order valence-corrected chi connectivity index (χ2v) is 7.48. The quantitative estimate of drug-likeness (QED) is 0.537. The largest absolute Gasteiger partial charge is 0.481 e. The molecule has 154 valence electrons. The van der Waals surface area contributed by atoms with Gasteiger partial charge in [-0.15, -0.1) is 0 Å². The van der Waals surface area contributed by atoms with Crippen molar-refractivity contribution in [3.63, 3.8) is 0 Å². The van der Waals surface area contributed by atoms with Crippen molar-refractivity contribution in [1.29, 1.82) is 0 Å². The molecular weight excluding hydrogens is 372 g/mol. The zero-order valence-corrected chi connectivity index (χ0v) is 16.2. The maximum absolute atomic E-state index is 12.3. The summed E-state index contributed by atoms with van der Waals surface area (Å²) in [6.45, 7) is 1.27. The Balaban J connectivity index is 1.59. The van der Waals surface area contributed by atoms with Gasteiger partial charge in [-0.1, -0.05) is 42.5 Å². The van der Waals surface area contributed by atoms with E-state index in [2.05, 4.69) is 34.5 Å². The summed E-state index contributed by atoms with van der Waals surface area (Å²) in [4.78, 5) is 36.5. The molecule has 0 bridgehead atoms. The monoisotopic (exact) mass is 398 g/mol. The van der Waals surface area contributed by atoms with Crippen molar-refractivity contribution in [3.05, 3.63) is 48.0 Å². The molecule has 1 unspecified atom stereocenters. The van der Waals surface area contributed by atoms with Crippen LogP contribution in [0.25, 0.3) is 10.8 Å². The molecule has 1 saturated carbocycles. The lowest BCUT2D eigenvalue weighted by Crippen LogP contribution is -2.42. The number of rotatable bonds is 11. The van der Waals surface area contributed by atoms with Gasteiger partial charge in [-0.05, 0) is 35.6 Å². The van der Waals surface area contributed by atoms with Crippen LogP contribution in [0.3, 0.4) is 0 Å². The molecule has 29 heavy (non-hydrogen) atoms. The molecule has 0 heterocycles. The van der Waals surface area contributed by atoms with E-state index in [1.54, 1.807) is 0 Å². The van der Waals surface area contributed by atoms with Crippen LogP contribution in [0.15, 0.2) is 42.5 Å². The minimum absolute atomic E-state index is 0.126. The standard InChI is InChI=1S/C22H26N2O5/c25-20(23-19(22(28)29)10-11-21(26)27)12-13-24(17-8-9-17)14-16-6-3-5-15-4-1-2-7-18(15)16/h1-7,17,19H,8-14H2,(H,23,25)(H,26,27)(H,28,29). The van der Waals surface area contributed by atoms with E-state index in [9.17, 15) is 19.5 Å². The third kappa shape index (κ3) is 6.02. The number of carbonyl (C=O) groups excluding carboxylic acids is 1. The van der Waals surface area contributed by atoms with E-state index in [-0.39, 0.29) is 25.2 Å². The van der Waals surface area contributed by atoms with E-state index in [1.165, 1.54) is 16.3 Å². The summed E-state index contributed by atoms with van der Waals surface area (Å²) in [6, 6.07) is 13.7. The molecule has 3 N–H and O–H groups in total. The van der Waals surface area contributed by atoms with Gasteiger partial charge in [0.05, 0.1) is 0 Å². The zero-order valence-electron chi connectivity index (χ0n) is 16.2. The Kier molecular flexibility index (Phi) is 6.82. The van der Waals surface area contributed by atoms with E-state index in [0.717, 1.165) is 19.4 Å². The second-order valence-electron chi connectivity index (χ2n) is 7.48. The average molecular weight is 398 g/mol. The predicted molar refractivity (Wildman–Crippen MR) is 108 cm³/mol. The molecule has 1 aliphatic rings. The number of benzene rings is 2. The molecule has 3 rings (SSSR count). The number of nitrogens with zero attached hydrogens (tertiary/aromatic N) is 1. The van der Waals surface area contributed by atoms with Gasteiger partial charge in [0.25, 0.3) is 0 Å². The fourth-order valence-electron chi connectivity index (χ4n) is 3.52. The predicted octanol–water partition coefficient (Wildman–Crippen LogP) is 2.63. The van der Waals surface area contributed by atoms with Gasteiger partial charge in [-0.3, -0.25) is 14.5 Å². The van der Waals surface area contributed by atoms with Gasteiger partial charge in [0.15, 0.2) is 0 Å². The van der Waals surface area contributed by atoms with Crippen molar-refractivity contribution in [1.82, 2.24) is 10.2 Å². The summed E-state index contributed by atoms with van der Waals surface area (Å²) in [7, 11) is 0. The van der Waals surface area contributed by atoms with E-state index in [0.29, 0.717) is 12.6 Å². The number of hydrogen-bond donors (Lipinski definition) is 3. The van der Waals surface area contributed by atoms with Crippen molar-refractivity contribution < 1.29 is 24.6 Å². The molecule has 7 heteroatoms. The van der Waals surface area contributed by atoms with Gasteiger partial charge in [-0.25, -0.2) is 4.79 Å². The number of fused-ring (bicyclic) bond motifs is 1. The van der Waals surface area contributed by atoms with E-state index in [1.807, 2.05) is 18.2 Å². The van der Waals surface area contributed by atoms with Crippen LogP contribution < -0.4 is 5.32 Å². The molecule has 1 atom stereocenters. The first-order valence-corrected chi connectivity index (χ1v) is 9.88. The number of carboxylic acid groups (broad SMARTS) is 2. The van der Waals surface area contributed by atoms with Crippen LogP contribution in [0, 0.1) is 0 Å². The van der Waals surface area contributed by atoms with Crippen LogP contribution in [0.1, 0.15) is 37.7 Å². The Morgan fingerprint density at radius 1 is 1.03 bits per heavy atom. The van der Waals surface area contributed by atoms with Gasteiger partial charge in [0.1, 0.15) is 6.04 Å². The molecule has 1 fully saturated rings. The smallest absolute Gasteiger partial charge is 0.326 e. The summed E-state index contributed by atoms with van der Waals surface area (Å²) in [6.07, 6.45) is 1.95. The number of carbonyl (C=O) groups is 3. The van der Waals surface area contributed by atoms with Crippen LogP contribution in [0.5, 0.6) is 0 Å². The van der Waals surface area contributed by atoms with Gasteiger partial charge >= 0.3 is 11.9 Å². The molecule has 2 aromatic rings. The minimum atomic E-state index is -1.21. The van der Waals surface area contributed by atoms with E-state index in [4.69, 9.17) is 5.11 Å². The topological polar surface area (TPSA) is 107 Å². The molecule has 1 amide bonds. The fourth-order valence-corrected chi connectivity index (χ4v) is 3.52. The second kappa shape index (κ2) is 9.52. The first kappa shape index (κ1) is 20.8. The van der Waals surface area contributed by atoms with Gasteiger partial charge < -0.3 is 15.5 Å². The lowest BCUT2D eigenvalue weighted by Gasteiger charge is -2.23. The fraction of sp³-hybridized carbons (Fsp3) is 0.409. The number of nitrogens with one attached hydrogen (secondary N) is 1. The third-order valence-corrected chi connectivity index (χ3v) is 5.22. The Labute approximate surface area is 169 Å². The van der Waals surface area contributed by atoms with Crippen molar-refractivity contribution >= 4 is 28.6 Å². The molecule has 0 saturated heterocycles. The highest BCUT2D eigenvalue weighted by Gasteiger charge is 2.30. The molecule has 0 radical (unpaired) electrons. The van der Waals surface area contributed by atoms with Crippen molar-refractivity contribution in [2.45, 2.75) is 50.7 Å². The van der Waals surface area contributed by atoms with Gasteiger partial charge in [0.2, 0.25) is 5.91 Å². The molecular formula is C22H26N2O5. The number of aliphatic carboxylic acids is 2. The Hall–Kier alpha value is -2.93. The lowest BCUT2D eigenvalue weighted by atomic mass is 10.0. The summed E-state index contributed by atoms with van der Waals surface area (Å²) in [5.41, 5.74) is 1.21. The third-order valence-electron chi connectivity index (χ3n) is 5.22. The Morgan fingerprint density at radius 3 is 2.45 bits per heavy atom. The molecule has 2 aromatic carbocycles. The van der Waals surface area contributed by atoms with Crippen molar-refractivity contribution in [3.8, 4) is 0 Å². The highest BCUT2D eigenvalue weighted by Crippen LogP contribution is 2.30. The molecule has 0 spiro atoms. The van der Waals surface area contributed by atoms with Crippen LogP contribution in [0.2, 0.25) is 0 Å². The SMILES string of the molecule is O=C(O)CCC(NC(=O)CCN(Cc1cccc2ccccc12)C1CC1)C(=O)O. The molecule has 0 aromatic heterocycles. The number of hydrogen-bond acceptors (Lipinski definition) is 4. The van der Waals surface area contributed by atoms with Gasteiger partial charge in [-0.2, -0.15) is 0 Å². The van der Waals surface area contributed by atoms with Crippen LogP contribution in [-0.2, 0) is 20.9 Å². The number of amides is 1. The molecule has 7 nitrogen and oxygen atoms in total. The van der Waals surface area contributed by atoms with Crippen LogP contribution >= 0.6 is 0 Å². The van der Waals surface area contributed by atoms with Crippen LogP contribution in [0.4, 0.5) is 0 Å². The first-order chi connectivity index (χ1) is 13.9. The Morgan fingerprint density at radius 2 is 1.76 bits per heavy atom. The summed E-state index contributed by atoms with van der Waals surface area (Å²) in [5.74, 6) is -2.67. The number of carboxylic acids is 2.